The zero-order valence-electron chi connectivity index (χ0n) is 12.8. The number of rotatable bonds is 4. The lowest BCUT2D eigenvalue weighted by molar-refractivity contribution is -0.120. The fourth-order valence-electron chi connectivity index (χ4n) is 3.11. The molecule has 1 unspecified atom stereocenters. The molecule has 0 aromatic carbocycles. The van der Waals surface area contributed by atoms with Gasteiger partial charge < -0.3 is 11.1 Å². The summed E-state index contributed by atoms with van der Waals surface area (Å²) in [6.45, 7) is 6.56. The number of amides is 3. The van der Waals surface area contributed by atoms with Crippen LogP contribution in [0.4, 0.5) is 4.79 Å². The van der Waals surface area contributed by atoms with Gasteiger partial charge in [0.05, 0.1) is 6.54 Å². The van der Waals surface area contributed by atoms with Crippen molar-refractivity contribution in [1.82, 2.24) is 20.4 Å². The molecule has 2 aliphatic heterocycles. The first kappa shape index (κ1) is 16.2. The number of imide groups is 1. The highest BCUT2D eigenvalue weighted by Gasteiger charge is 2.30. The van der Waals surface area contributed by atoms with Crippen molar-refractivity contribution in [3.63, 3.8) is 0 Å². The third kappa shape index (κ3) is 4.94. The minimum atomic E-state index is -0.414. The fourth-order valence-corrected chi connectivity index (χ4v) is 3.11. The van der Waals surface area contributed by atoms with Crippen LogP contribution in [0.1, 0.15) is 26.2 Å². The monoisotopic (exact) mass is 297 g/mol. The molecular formula is C14H27N5O2. The molecule has 0 radical (unpaired) electrons. The smallest absolute Gasteiger partial charge is 0.321 e. The van der Waals surface area contributed by atoms with E-state index < -0.39 is 6.03 Å². The normalized spacial score (nSPS) is 25.0. The minimum Gasteiger partial charge on any atom is -0.338 e. The number of carbonyl (C=O) groups excluding carboxylic acids is 2. The molecule has 3 amide bonds. The van der Waals surface area contributed by atoms with Gasteiger partial charge in [-0.15, -0.1) is 0 Å². The topological polar surface area (TPSA) is 90.7 Å². The number of hydrogen-bond donors (Lipinski definition) is 3. The van der Waals surface area contributed by atoms with E-state index in [1.807, 2.05) is 6.92 Å². The first-order valence-corrected chi connectivity index (χ1v) is 7.88. The summed E-state index contributed by atoms with van der Waals surface area (Å²) in [7, 11) is 0. The Bertz CT molecular complexity index is 368. The third-order valence-electron chi connectivity index (χ3n) is 4.30. The summed E-state index contributed by atoms with van der Waals surface area (Å²) in [5, 5.41) is 4.90. The van der Waals surface area contributed by atoms with Crippen LogP contribution in [0.3, 0.4) is 0 Å². The van der Waals surface area contributed by atoms with E-state index in [-0.39, 0.29) is 5.91 Å². The van der Waals surface area contributed by atoms with E-state index in [4.69, 9.17) is 5.73 Å². The van der Waals surface area contributed by atoms with Crippen LogP contribution in [-0.2, 0) is 4.79 Å². The Hall–Kier alpha value is -1.18. The van der Waals surface area contributed by atoms with Crippen molar-refractivity contribution in [1.29, 1.82) is 0 Å². The quantitative estimate of drug-likeness (QED) is 0.640. The zero-order valence-corrected chi connectivity index (χ0v) is 12.8. The summed E-state index contributed by atoms with van der Waals surface area (Å²) < 4.78 is 0. The standard InChI is InChI=1S/C14H27N5O2/c1-2-16-14(21)17-13(20)10-18-6-5-12(9-18)19-7-3-11(15)4-8-19/h11-12H,2-10,15H2,1H3,(H2,16,17,20,21). The summed E-state index contributed by atoms with van der Waals surface area (Å²) in [6, 6.07) is 0.458. The van der Waals surface area contributed by atoms with Gasteiger partial charge >= 0.3 is 6.03 Å². The Morgan fingerprint density at radius 3 is 2.57 bits per heavy atom. The van der Waals surface area contributed by atoms with Crippen molar-refractivity contribution in [3.05, 3.63) is 0 Å². The van der Waals surface area contributed by atoms with Gasteiger partial charge in [-0.1, -0.05) is 0 Å². The maximum Gasteiger partial charge on any atom is 0.321 e. The molecule has 0 aromatic rings. The molecule has 7 nitrogen and oxygen atoms in total. The van der Waals surface area contributed by atoms with Gasteiger partial charge in [-0.3, -0.25) is 19.9 Å². The van der Waals surface area contributed by atoms with Gasteiger partial charge in [-0.25, -0.2) is 4.79 Å². The largest absolute Gasteiger partial charge is 0.338 e. The molecule has 120 valence electrons. The molecule has 2 rings (SSSR count). The number of urea groups is 1. The molecule has 4 N–H and O–H groups in total. The molecule has 2 heterocycles. The second-order valence-electron chi connectivity index (χ2n) is 5.96. The maximum absolute atomic E-state index is 11.8. The molecule has 0 bridgehead atoms. The highest BCUT2D eigenvalue weighted by Crippen LogP contribution is 2.19. The van der Waals surface area contributed by atoms with Crippen molar-refractivity contribution in [2.24, 2.45) is 5.73 Å². The lowest BCUT2D eigenvalue weighted by atomic mass is 10.0. The van der Waals surface area contributed by atoms with Gasteiger partial charge in [0.1, 0.15) is 0 Å². The van der Waals surface area contributed by atoms with Gasteiger partial charge in [0, 0.05) is 31.7 Å². The average Bonchev–Trinajstić information content (AvgIpc) is 2.88. The van der Waals surface area contributed by atoms with Crippen LogP contribution in [0.2, 0.25) is 0 Å². The SMILES string of the molecule is CCNC(=O)NC(=O)CN1CCC(N2CCC(N)CC2)C1. The number of likely N-dealkylation sites (tertiary alicyclic amines) is 2. The van der Waals surface area contributed by atoms with E-state index in [1.165, 1.54) is 0 Å². The van der Waals surface area contributed by atoms with Crippen LogP contribution >= 0.6 is 0 Å². The van der Waals surface area contributed by atoms with Crippen molar-refractivity contribution >= 4 is 11.9 Å². The van der Waals surface area contributed by atoms with Crippen LogP contribution < -0.4 is 16.4 Å². The second-order valence-corrected chi connectivity index (χ2v) is 5.96. The molecule has 2 fully saturated rings. The van der Waals surface area contributed by atoms with E-state index in [0.29, 0.717) is 25.2 Å². The predicted molar refractivity (Wildman–Crippen MR) is 80.8 cm³/mol. The second kappa shape index (κ2) is 7.72. The molecule has 21 heavy (non-hydrogen) atoms. The lowest BCUT2D eigenvalue weighted by Crippen LogP contribution is -2.47. The summed E-state index contributed by atoms with van der Waals surface area (Å²) in [4.78, 5) is 27.7. The number of hydrogen-bond acceptors (Lipinski definition) is 5. The van der Waals surface area contributed by atoms with Gasteiger partial charge in [-0.05, 0) is 39.3 Å². The van der Waals surface area contributed by atoms with Gasteiger partial charge in [-0.2, -0.15) is 0 Å². The van der Waals surface area contributed by atoms with Crippen molar-refractivity contribution in [3.8, 4) is 0 Å². The Morgan fingerprint density at radius 2 is 1.90 bits per heavy atom. The first-order chi connectivity index (χ1) is 10.1. The molecule has 2 saturated heterocycles. The van der Waals surface area contributed by atoms with E-state index in [2.05, 4.69) is 20.4 Å². The number of nitrogens with two attached hydrogens (primary N) is 1. The van der Waals surface area contributed by atoms with Crippen LogP contribution in [-0.4, -0.2) is 73.1 Å². The minimum absolute atomic E-state index is 0.234. The summed E-state index contributed by atoms with van der Waals surface area (Å²) in [5.74, 6) is -0.234. The number of nitrogens with one attached hydrogen (secondary N) is 2. The number of carbonyl (C=O) groups is 2. The zero-order chi connectivity index (χ0) is 15.2. The van der Waals surface area contributed by atoms with Gasteiger partial charge in [0.15, 0.2) is 0 Å². The number of piperidine rings is 1. The Balaban J connectivity index is 1.70. The Morgan fingerprint density at radius 1 is 1.19 bits per heavy atom. The average molecular weight is 297 g/mol. The lowest BCUT2D eigenvalue weighted by Gasteiger charge is -2.34. The molecule has 0 saturated carbocycles. The maximum atomic E-state index is 11.8. The van der Waals surface area contributed by atoms with Gasteiger partial charge in [0.25, 0.3) is 0 Å². The molecule has 2 aliphatic rings. The summed E-state index contributed by atoms with van der Waals surface area (Å²) in [6.07, 6.45) is 3.21. The fraction of sp³-hybridized carbons (Fsp3) is 0.857. The van der Waals surface area contributed by atoms with Crippen LogP contribution in [0, 0.1) is 0 Å². The molecule has 0 aromatic heterocycles. The van der Waals surface area contributed by atoms with Crippen LogP contribution in [0.5, 0.6) is 0 Å². The van der Waals surface area contributed by atoms with Crippen molar-refractivity contribution < 1.29 is 9.59 Å². The Labute approximate surface area is 126 Å². The van der Waals surface area contributed by atoms with Crippen LogP contribution in [0.25, 0.3) is 0 Å². The van der Waals surface area contributed by atoms with Crippen LogP contribution in [0.15, 0.2) is 0 Å². The summed E-state index contributed by atoms with van der Waals surface area (Å²) in [5.41, 5.74) is 5.93. The molecule has 7 heteroatoms. The Kier molecular flexibility index (Phi) is 5.96. The number of nitrogens with zero attached hydrogens (tertiary/aromatic N) is 2. The summed E-state index contributed by atoms with van der Waals surface area (Å²) >= 11 is 0. The van der Waals surface area contributed by atoms with Crippen molar-refractivity contribution in [2.75, 3.05) is 39.3 Å². The molecule has 1 atom stereocenters. The molecule has 0 aliphatic carbocycles. The highest BCUT2D eigenvalue weighted by molar-refractivity contribution is 5.95. The van der Waals surface area contributed by atoms with E-state index in [0.717, 1.165) is 45.4 Å². The van der Waals surface area contributed by atoms with E-state index in [9.17, 15) is 9.59 Å². The molecule has 0 spiro atoms. The molecular weight excluding hydrogens is 270 g/mol. The van der Waals surface area contributed by atoms with E-state index >= 15 is 0 Å². The van der Waals surface area contributed by atoms with Gasteiger partial charge in [0.2, 0.25) is 5.91 Å². The third-order valence-corrected chi connectivity index (χ3v) is 4.30. The van der Waals surface area contributed by atoms with Crippen molar-refractivity contribution in [2.45, 2.75) is 38.3 Å². The predicted octanol–water partition coefficient (Wildman–Crippen LogP) is -0.670. The highest BCUT2D eigenvalue weighted by atomic mass is 16.2. The first-order valence-electron chi connectivity index (χ1n) is 7.88. The van der Waals surface area contributed by atoms with E-state index in [1.54, 1.807) is 0 Å².